The molecule has 0 N–H and O–H groups in total. The summed E-state index contributed by atoms with van der Waals surface area (Å²) >= 11 is 0. The Labute approximate surface area is 140 Å². The molecule has 0 saturated carbocycles. The van der Waals surface area contributed by atoms with Crippen molar-refractivity contribution in [1.82, 2.24) is 10.1 Å². The fourth-order valence-electron chi connectivity index (χ4n) is 3.39. The molecule has 2 aromatic rings. The molecular formula is C18H20N2O4. The maximum absolute atomic E-state index is 12.7. The van der Waals surface area contributed by atoms with E-state index in [2.05, 4.69) is 5.16 Å². The Hall–Kier alpha value is -2.50. The summed E-state index contributed by atoms with van der Waals surface area (Å²) in [6, 6.07) is 7.79. The number of amides is 1. The number of carbonyl (C=O) groups is 1. The topological polar surface area (TPSA) is 64.8 Å². The van der Waals surface area contributed by atoms with E-state index in [1.54, 1.807) is 0 Å². The summed E-state index contributed by atoms with van der Waals surface area (Å²) in [4.78, 5) is 14.6. The quantitative estimate of drug-likeness (QED) is 0.863. The zero-order valence-corrected chi connectivity index (χ0v) is 13.7. The number of hydrogen-bond acceptors (Lipinski definition) is 5. The predicted molar refractivity (Wildman–Crippen MR) is 85.8 cm³/mol. The number of fused-ring (bicyclic) bond motifs is 1. The molecule has 0 bridgehead atoms. The van der Waals surface area contributed by atoms with E-state index in [9.17, 15) is 4.79 Å². The van der Waals surface area contributed by atoms with Gasteiger partial charge in [0, 0.05) is 19.0 Å². The van der Waals surface area contributed by atoms with E-state index in [1.165, 1.54) is 0 Å². The second-order valence-corrected chi connectivity index (χ2v) is 6.30. The lowest BCUT2D eigenvalue weighted by Gasteiger charge is -2.22. The van der Waals surface area contributed by atoms with Crippen LogP contribution in [-0.4, -0.2) is 29.3 Å². The van der Waals surface area contributed by atoms with Crippen molar-refractivity contribution in [2.75, 3.05) is 13.3 Å². The summed E-state index contributed by atoms with van der Waals surface area (Å²) in [5, 5.41) is 3.94. The first-order chi connectivity index (χ1) is 11.7. The highest BCUT2D eigenvalue weighted by Crippen LogP contribution is 2.34. The van der Waals surface area contributed by atoms with E-state index >= 15 is 0 Å². The van der Waals surface area contributed by atoms with Gasteiger partial charge in [-0.1, -0.05) is 11.2 Å². The maximum Gasteiger partial charge on any atom is 0.231 e. The van der Waals surface area contributed by atoms with Crippen molar-refractivity contribution in [3.8, 4) is 11.5 Å². The minimum atomic E-state index is 0.0236. The first-order valence-corrected chi connectivity index (χ1v) is 8.32. The van der Waals surface area contributed by atoms with E-state index < -0.39 is 0 Å². The predicted octanol–water partition coefficient (Wildman–Crippen LogP) is 3.01. The molecule has 2 aliphatic heterocycles. The number of ether oxygens (including phenoxy) is 2. The second-order valence-electron chi connectivity index (χ2n) is 6.30. The zero-order valence-electron chi connectivity index (χ0n) is 13.7. The number of nitrogens with zero attached hydrogens (tertiary/aromatic N) is 2. The number of carbonyl (C=O) groups excluding carboxylic acids is 1. The third kappa shape index (κ3) is 2.84. The van der Waals surface area contributed by atoms with Gasteiger partial charge in [0.25, 0.3) is 0 Å². The van der Waals surface area contributed by atoms with E-state index in [0.717, 1.165) is 47.9 Å². The van der Waals surface area contributed by atoms with Crippen molar-refractivity contribution in [2.24, 2.45) is 0 Å². The van der Waals surface area contributed by atoms with Crippen LogP contribution >= 0.6 is 0 Å². The Balaban J connectivity index is 1.40. The molecule has 4 rings (SSSR count). The third-order valence-corrected chi connectivity index (χ3v) is 4.61. The first-order valence-electron chi connectivity index (χ1n) is 8.32. The monoisotopic (exact) mass is 328 g/mol. The Morgan fingerprint density at radius 2 is 2.17 bits per heavy atom. The molecule has 0 aliphatic carbocycles. The molecule has 0 unspecified atom stereocenters. The number of rotatable bonds is 4. The molecular weight excluding hydrogens is 308 g/mol. The van der Waals surface area contributed by atoms with Crippen LogP contribution in [0.4, 0.5) is 0 Å². The van der Waals surface area contributed by atoms with Crippen LogP contribution in [0.3, 0.4) is 0 Å². The molecule has 1 atom stereocenters. The molecule has 6 nitrogen and oxygen atoms in total. The minimum Gasteiger partial charge on any atom is -0.454 e. The molecule has 0 radical (unpaired) electrons. The Bertz CT molecular complexity index is 755. The van der Waals surface area contributed by atoms with Gasteiger partial charge in [0.05, 0.1) is 11.7 Å². The summed E-state index contributed by atoms with van der Waals surface area (Å²) in [7, 11) is 0. The third-order valence-electron chi connectivity index (χ3n) is 4.61. The van der Waals surface area contributed by atoms with Gasteiger partial charge in [0.2, 0.25) is 12.7 Å². The van der Waals surface area contributed by atoms with Crippen LogP contribution in [0.1, 0.15) is 42.3 Å². The van der Waals surface area contributed by atoms with Gasteiger partial charge in [-0.05, 0) is 43.9 Å². The lowest BCUT2D eigenvalue weighted by atomic mass is 10.1. The Morgan fingerprint density at radius 3 is 3.00 bits per heavy atom. The van der Waals surface area contributed by atoms with Gasteiger partial charge in [-0.25, -0.2) is 0 Å². The van der Waals surface area contributed by atoms with Crippen molar-refractivity contribution < 1.29 is 18.8 Å². The van der Waals surface area contributed by atoms with Gasteiger partial charge < -0.3 is 18.9 Å². The molecule has 6 heteroatoms. The van der Waals surface area contributed by atoms with E-state index in [-0.39, 0.29) is 18.7 Å². The van der Waals surface area contributed by atoms with Crippen LogP contribution in [0, 0.1) is 6.92 Å². The molecule has 0 spiro atoms. The smallest absolute Gasteiger partial charge is 0.231 e. The van der Waals surface area contributed by atoms with E-state index in [4.69, 9.17) is 14.0 Å². The minimum absolute atomic E-state index is 0.0236. The Morgan fingerprint density at radius 1 is 1.29 bits per heavy atom. The van der Waals surface area contributed by atoms with Gasteiger partial charge in [-0.3, -0.25) is 4.79 Å². The average molecular weight is 328 g/mol. The number of likely N-dealkylation sites (tertiary alicyclic amines) is 1. The lowest BCUT2D eigenvalue weighted by Crippen LogP contribution is -2.30. The van der Waals surface area contributed by atoms with Crippen molar-refractivity contribution in [1.29, 1.82) is 0 Å². The van der Waals surface area contributed by atoms with Crippen molar-refractivity contribution in [3.63, 3.8) is 0 Å². The van der Waals surface area contributed by atoms with Gasteiger partial charge in [0.1, 0.15) is 0 Å². The molecule has 1 amide bonds. The maximum atomic E-state index is 12.7. The molecule has 126 valence electrons. The number of aryl methyl sites for hydroxylation is 2. The molecule has 2 aliphatic rings. The normalized spacial score (nSPS) is 19.0. The first kappa shape index (κ1) is 15.1. The SMILES string of the molecule is Cc1cc([C@H]2CCCN2C(=O)CCc2ccc3c(c2)OCO3)on1. The van der Waals surface area contributed by atoms with Crippen LogP contribution in [0.5, 0.6) is 11.5 Å². The fourth-order valence-corrected chi connectivity index (χ4v) is 3.39. The molecule has 1 aromatic heterocycles. The van der Waals surface area contributed by atoms with Crippen molar-refractivity contribution >= 4 is 5.91 Å². The summed E-state index contributed by atoms with van der Waals surface area (Å²) in [6.07, 6.45) is 3.10. The van der Waals surface area contributed by atoms with Gasteiger partial charge in [0.15, 0.2) is 17.3 Å². The largest absolute Gasteiger partial charge is 0.454 e. The second kappa shape index (κ2) is 6.19. The van der Waals surface area contributed by atoms with Crippen LogP contribution in [0.2, 0.25) is 0 Å². The van der Waals surface area contributed by atoms with Crippen LogP contribution < -0.4 is 9.47 Å². The van der Waals surface area contributed by atoms with Crippen molar-refractivity contribution in [2.45, 2.75) is 38.6 Å². The average Bonchev–Trinajstić information content (AvgIpc) is 3.31. The lowest BCUT2D eigenvalue weighted by molar-refractivity contribution is -0.132. The Kier molecular flexibility index (Phi) is 3.88. The van der Waals surface area contributed by atoms with Gasteiger partial charge in [-0.15, -0.1) is 0 Å². The van der Waals surface area contributed by atoms with E-state index in [1.807, 2.05) is 36.1 Å². The highest BCUT2D eigenvalue weighted by molar-refractivity contribution is 5.77. The van der Waals surface area contributed by atoms with Crippen LogP contribution in [0.15, 0.2) is 28.8 Å². The van der Waals surface area contributed by atoms with Crippen molar-refractivity contribution in [3.05, 3.63) is 41.3 Å². The summed E-state index contributed by atoms with van der Waals surface area (Å²) in [6.45, 7) is 2.95. The molecule has 24 heavy (non-hydrogen) atoms. The number of aromatic nitrogens is 1. The standard InChI is InChI=1S/C18H20N2O4/c1-12-9-16(24-19-12)14-3-2-8-20(14)18(21)7-5-13-4-6-15-17(10-13)23-11-22-15/h4,6,9-10,14H,2-3,5,7-8,11H2,1H3/t14-/m1/s1. The summed E-state index contributed by atoms with van der Waals surface area (Å²) in [5.74, 6) is 2.48. The highest BCUT2D eigenvalue weighted by Gasteiger charge is 2.32. The molecule has 1 aromatic carbocycles. The van der Waals surface area contributed by atoms with Gasteiger partial charge in [-0.2, -0.15) is 0 Å². The number of hydrogen-bond donors (Lipinski definition) is 0. The number of benzene rings is 1. The zero-order chi connectivity index (χ0) is 16.5. The molecule has 1 saturated heterocycles. The van der Waals surface area contributed by atoms with Crippen LogP contribution in [-0.2, 0) is 11.2 Å². The molecule has 3 heterocycles. The van der Waals surface area contributed by atoms with E-state index in [0.29, 0.717) is 12.8 Å². The summed E-state index contributed by atoms with van der Waals surface area (Å²) in [5.41, 5.74) is 1.93. The fraction of sp³-hybridized carbons (Fsp3) is 0.444. The van der Waals surface area contributed by atoms with Crippen LogP contribution in [0.25, 0.3) is 0 Å². The highest BCUT2D eigenvalue weighted by atomic mass is 16.7. The van der Waals surface area contributed by atoms with Gasteiger partial charge >= 0.3 is 0 Å². The summed E-state index contributed by atoms with van der Waals surface area (Å²) < 4.78 is 16.1. The molecule has 1 fully saturated rings.